The number of phenols is 2. The Morgan fingerprint density at radius 2 is 1.83 bits per heavy atom. The molecule has 0 aliphatic heterocycles. The lowest BCUT2D eigenvalue weighted by Gasteiger charge is -2.13. The van der Waals surface area contributed by atoms with Gasteiger partial charge in [0.15, 0.2) is 0 Å². The van der Waals surface area contributed by atoms with Gasteiger partial charge in [0.1, 0.15) is 22.8 Å². The minimum absolute atomic E-state index is 0.0188. The van der Waals surface area contributed by atoms with Gasteiger partial charge in [0, 0.05) is 18.9 Å². The third-order valence-electron chi connectivity index (χ3n) is 3.63. The Bertz CT molecular complexity index is 524. The summed E-state index contributed by atoms with van der Waals surface area (Å²) in [5.41, 5.74) is 0.0188. The second-order valence-electron chi connectivity index (χ2n) is 5.81. The van der Waals surface area contributed by atoms with Crippen LogP contribution in [-0.4, -0.2) is 28.1 Å². The van der Waals surface area contributed by atoms with Crippen molar-refractivity contribution in [1.82, 2.24) is 0 Å². The summed E-state index contributed by atoms with van der Waals surface area (Å²) in [7, 11) is 0. The number of esters is 1. The summed E-state index contributed by atoms with van der Waals surface area (Å²) in [5, 5.41) is 18.8. The fourth-order valence-corrected chi connectivity index (χ4v) is 2.28. The Hall–Kier alpha value is -2.04. The molecular weight excluding hydrogens is 296 g/mol. The predicted molar refractivity (Wildman–Crippen MR) is 87.6 cm³/mol. The van der Waals surface area contributed by atoms with E-state index in [1.807, 2.05) is 0 Å². The van der Waals surface area contributed by atoms with Crippen LogP contribution in [0.4, 0.5) is 0 Å². The number of carbonyl (C=O) groups excluding carboxylic acids is 2. The summed E-state index contributed by atoms with van der Waals surface area (Å²) >= 11 is 0. The smallest absolute Gasteiger partial charge is 0.342 e. The van der Waals surface area contributed by atoms with Crippen molar-refractivity contribution in [1.29, 1.82) is 0 Å². The molecule has 1 atom stereocenters. The number of hydrogen-bond acceptors (Lipinski definition) is 5. The fourth-order valence-electron chi connectivity index (χ4n) is 2.28. The van der Waals surface area contributed by atoms with E-state index in [-0.39, 0.29) is 28.9 Å². The maximum absolute atomic E-state index is 11.9. The molecule has 0 bridgehead atoms. The molecule has 2 N–H and O–H groups in total. The molecule has 0 radical (unpaired) electrons. The number of unbranched alkanes of at least 4 members (excludes halogenated alkanes) is 2. The van der Waals surface area contributed by atoms with Gasteiger partial charge in [-0.2, -0.15) is 0 Å². The molecular formula is C18H26O5. The zero-order valence-corrected chi connectivity index (χ0v) is 13.9. The van der Waals surface area contributed by atoms with Crippen LogP contribution in [0, 0.1) is 0 Å². The first-order valence-corrected chi connectivity index (χ1v) is 8.18. The Kier molecular flexibility index (Phi) is 8.16. The summed E-state index contributed by atoms with van der Waals surface area (Å²) < 4.78 is 5.25. The Balaban J connectivity index is 2.31. The minimum atomic E-state index is -0.635. The maximum atomic E-state index is 11.9. The van der Waals surface area contributed by atoms with Crippen LogP contribution in [0.2, 0.25) is 0 Å². The van der Waals surface area contributed by atoms with Crippen molar-refractivity contribution in [2.45, 2.75) is 64.9 Å². The molecule has 0 saturated carbocycles. The van der Waals surface area contributed by atoms with E-state index < -0.39 is 5.97 Å². The van der Waals surface area contributed by atoms with E-state index in [0.29, 0.717) is 25.7 Å². The number of phenolic OH excluding ortho intramolecular Hbond substituents is 2. The largest absolute Gasteiger partial charge is 0.508 e. The first-order chi connectivity index (χ1) is 10.9. The Morgan fingerprint density at radius 3 is 2.48 bits per heavy atom. The highest BCUT2D eigenvalue weighted by Gasteiger charge is 2.16. The summed E-state index contributed by atoms with van der Waals surface area (Å²) in [6.45, 7) is 3.86. The highest BCUT2D eigenvalue weighted by atomic mass is 16.5. The zero-order valence-electron chi connectivity index (χ0n) is 13.9. The van der Waals surface area contributed by atoms with Gasteiger partial charge < -0.3 is 14.9 Å². The van der Waals surface area contributed by atoms with Crippen molar-refractivity contribution in [3.63, 3.8) is 0 Å². The quantitative estimate of drug-likeness (QED) is 0.503. The molecule has 0 aliphatic rings. The van der Waals surface area contributed by atoms with Gasteiger partial charge in [0.25, 0.3) is 0 Å². The molecule has 0 saturated heterocycles. The fraction of sp³-hybridized carbons (Fsp3) is 0.556. The second-order valence-corrected chi connectivity index (χ2v) is 5.81. The van der Waals surface area contributed by atoms with Gasteiger partial charge in [-0.25, -0.2) is 4.79 Å². The molecule has 23 heavy (non-hydrogen) atoms. The number of aromatic hydroxyl groups is 2. The van der Waals surface area contributed by atoms with Crippen LogP contribution in [0.1, 0.15) is 69.2 Å². The molecule has 1 aromatic carbocycles. The van der Waals surface area contributed by atoms with E-state index in [1.54, 1.807) is 6.92 Å². The van der Waals surface area contributed by atoms with Crippen molar-refractivity contribution in [3.05, 3.63) is 23.8 Å². The van der Waals surface area contributed by atoms with Crippen LogP contribution in [0.5, 0.6) is 11.5 Å². The van der Waals surface area contributed by atoms with Crippen LogP contribution >= 0.6 is 0 Å². The SMILES string of the molecule is CCCCCC(=O)CCC[C@H](C)OC(=O)c1ccc(O)cc1O. The number of ether oxygens (including phenoxy) is 1. The molecule has 1 rings (SSSR count). The van der Waals surface area contributed by atoms with Crippen LogP contribution in [0.15, 0.2) is 18.2 Å². The highest BCUT2D eigenvalue weighted by molar-refractivity contribution is 5.92. The lowest BCUT2D eigenvalue weighted by molar-refractivity contribution is -0.119. The van der Waals surface area contributed by atoms with Gasteiger partial charge in [-0.3, -0.25) is 4.79 Å². The van der Waals surface area contributed by atoms with Crippen LogP contribution in [-0.2, 0) is 9.53 Å². The first-order valence-electron chi connectivity index (χ1n) is 8.18. The van der Waals surface area contributed by atoms with Gasteiger partial charge in [-0.1, -0.05) is 19.8 Å². The molecule has 0 heterocycles. The number of Topliss-reactive ketones (excluding diaryl/α,β-unsaturated/α-hetero) is 1. The monoisotopic (exact) mass is 322 g/mol. The lowest BCUT2D eigenvalue weighted by Crippen LogP contribution is -2.15. The topological polar surface area (TPSA) is 83.8 Å². The summed E-state index contributed by atoms with van der Waals surface area (Å²) in [6.07, 6.45) is 5.21. The average molecular weight is 322 g/mol. The molecule has 0 unspecified atom stereocenters. The van der Waals surface area contributed by atoms with Crippen LogP contribution < -0.4 is 0 Å². The predicted octanol–water partition coefficient (Wildman–Crippen LogP) is 3.96. The number of hydrogen-bond donors (Lipinski definition) is 2. The average Bonchev–Trinajstić information content (AvgIpc) is 2.47. The highest BCUT2D eigenvalue weighted by Crippen LogP contribution is 2.24. The van der Waals surface area contributed by atoms with E-state index in [0.717, 1.165) is 25.3 Å². The Morgan fingerprint density at radius 1 is 1.13 bits per heavy atom. The number of ketones is 1. The van der Waals surface area contributed by atoms with Gasteiger partial charge in [-0.05, 0) is 38.3 Å². The maximum Gasteiger partial charge on any atom is 0.342 e. The van der Waals surface area contributed by atoms with E-state index in [2.05, 4.69) is 6.92 Å². The third kappa shape index (κ3) is 7.17. The molecule has 1 aromatic rings. The minimum Gasteiger partial charge on any atom is -0.508 e. The summed E-state index contributed by atoms with van der Waals surface area (Å²) in [4.78, 5) is 23.6. The third-order valence-corrected chi connectivity index (χ3v) is 3.63. The van der Waals surface area contributed by atoms with E-state index in [4.69, 9.17) is 4.74 Å². The van der Waals surface area contributed by atoms with E-state index in [1.165, 1.54) is 12.1 Å². The number of carbonyl (C=O) groups is 2. The van der Waals surface area contributed by atoms with Gasteiger partial charge >= 0.3 is 5.97 Å². The van der Waals surface area contributed by atoms with Crippen molar-refractivity contribution in [2.75, 3.05) is 0 Å². The normalized spacial score (nSPS) is 11.9. The number of benzene rings is 1. The van der Waals surface area contributed by atoms with E-state index >= 15 is 0 Å². The molecule has 0 aliphatic carbocycles. The molecule has 0 spiro atoms. The second kappa shape index (κ2) is 9.87. The van der Waals surface area contributed by atoms with Crippen LogP contribution in [0.25, 0.3) is 0 Å². The molecule has 0 amide bonds. The van der Waals surface area contributed by atoms with Gasteiger partial charge in [0.2, 0.25) is 0 Å². The van der Waals surface area contributed by atoms with Gasteiger partial charge in [-0.15, -0.1) is 0 Å². The van der Waals surface area contributed by atoms with Crippen molar-refractivity contribution < 1.29 is 24.5 Å². The molecule has 5 nitrogen and oxygen atoms in total. The molecule has 128 valence electrons. The van der Waals surface area contributed by atoms with Crippen molar-refractivity contribution >= 4 is 11.8 Å². The summed E-state index contributed by atoms with van der Waals surface area (Å²) in [6, 6.07) is 3.73. The standard InChI is InChI=1S/C18H26O5/c1-3-4-5-8-14(19)9-6-7-13(2)23-18(22)16-11-10-15(20)12-17(16)21/h10-13,20-21H,3-9H2,1-2H3/t13-/m0/s1. The van der Waals surface area contributed by atoms with E-state index in [9.17, 15) is 19.8 Å². The van der Waals surface area contributed by atoms with Crippen molar-refractivity contribution in [2.24, 2.45) is 0 Å². The lowest BCUT2D eigenvalue weighted by atomic mass is 10.1. The van der Waals surface area contributed by atoms with Crippen LogP contribution in [0.3, 0.4) is 0 Å². The summed E-state index contributed by atoms with van der Waals surface area (Å²) in [5.74, 6) is -0.806. The first kappa shape index (κ1) is 19.0. The van der Waals surface area contributed by atoms with Crippen molar-refractivity contribution in [3.8, 4) is 11.5 Å². The Labute approximate surface area is 137 Å². The molecule has 0 fully saturated rings. The zero-order chi connectivity index (χ0) is 17.2. The molecule has 5 heteroatoms. The van der Waals surface area contributed by atoms with Gasteiger partial charge in [0.05, 0.1) is 6.10 Å². The number of rotatable bonds is 10. The molecule has 0 aromatic heterocycles.